The van der Waals surface area contributed by atoms with Crippen LogP contribution in [0.4, 0.5) is 0 Å². The van der Waals surface area contributed by atoms with E-state index in [1.54, 1.807) is 25.4 Å². The molecule has 0 aliphatic carbocycles. The summed E-state index contributed by atoms with van der Waals surface area (Å²) in [4.78, 5) is 18.0. The Morgan fingerprint density at radius 2 is 2.03 bits per heavy atom. The molecular formula is C30H32Cl2N2O4. The number of aliphatic hydroxyl groups is 1. The van der Waals surface area contributed by atoms with Crippen LogP contribution in [0.1, 0.15) is 49.3 Å². The SMILES string of the molecule is COc1ccc2nccc([C@@H](O)CCC3CCN(CC#Cc4ccc(Cl)cc4Cl)CC3CCC(=O)O)c2c1. The van der Waals surface area contributed by atoms with Gasteiger partial charge in [-0.05, 0) is 92.1 Å². The maximum absolute atomic E-state index is 11.3. The Hall–Kier alpha value is -2.82. The van der Waals surface area contributed by atoms with Gasteiger partial charge in [0.1, 0.15) is 5.75 Å². The monoisotopic (exact) mass is 554 g/mol. The summed E-state index contributed by atoms with van der Waals surface area (Å²) in [5.41, 5.74) is 2.39. The normalized spacial score (nSPS) is 18.5. The zero-order valence-corrected chi connectivity index (χ0v) is 22.9. The predicted octanol–water partition coefficient (Wildman–Crippen LogP) is 6.22. The zero-order chi connectivity index (χ0) is 27.1. The third-order valence-corrected chi connectivity index (χ3v) is 7.86. The van der Waals surface area contributed by atoms with Gasteiger partial charge in [-0.1, -0.05) is 35.0 Å². The second-order valence-electron chi connectivity index (χ2n) is 9.78. The van der Waals surface area contributed by atoms with Gasteiger partial charge in [-0.15, -0.1) is 0 Å². The number of hydrogen-bond donors (Lipinski definition) is 2. The lowest BCUT2D eigenvalue weighted by Gasteiger charge is -2.38. The van der Waals surface area contributed by atoms with Crippen molar-refractivity contribution >= 4 is 40.1 Å². The Labute approximate surface area is 233 Å². The maximum Gasteiger partial charge on any atom is 0.303 e. The van der Waals surface area contributed by atoms with E-state index < -0.39 is 12.1 Å². The molecule has 0 spiro atoms. The van der Waals surface area contributed by atoms with Gasteiger partial charge in [0, 0.05) is 35.1 Å². The van der Waals surface area contributed by atoms with E-state index in [0.29, 0.717) is 35.3 Å². The quantitative estimate of drug-likeness (QED) is 0.305. The van der Waals surface area contributed by atoms with Crippen molar-refractivity contribution in [2.24, 2.45) is 11.8 Å². The topological polar surface area (TPSA) is 82.9 Å². The number of nitrogens with zero attached hydrogens (tertiary/aromatic N) is 2. The molecule has 6 nitrogen and oxygen atoms in total. The van der Waals surface area contributed by atoms with Crippen molar-refractivity contribution in [2.45, 2.75) is 38.2 Å². The number of fused-ring (bicyclic) bond motifs is 1. The second kappa shape index (κ2) is 13.3. The molecular weight excluding hydrogens is 523 g/mol. The first kappa shape index (κ1) is 28.2. The number of benzene rings is 2. The fraction of sp³-hybridized carbons (Fsp3) is 0.400. The lowest BCUT2D eigenvalue weighted by atomic mass is 9.79. The van der Waals surface area contributed by atoms with Crippen molar-refractivity contribution in [3.8, 4) is 17.6 Å². The highest BCUT2D eigenvalue weighted by Gasteiger charge is 2.30. The summed E-state index contributed by atoms with van der Waals surface area (Å²) in [6.07, 6.45) is 4.18. The van der Waals surface area contributed by atoms with Crippen LogP contribution in [-0.2, 0) is 4.79 Å². The summed E-state index contributed by atoms with van der Waals surface area (Å²) in [6, 6.07) is 12.8. The van der Waals surface area contributed by atoms with Gasteiger partial charge in [-0.2, -0.15) is 0 Å². The first-order chi connectivity index (χ1) is 18.3. The van der Waals surface area contributed by atoms with Crippen LogP contribution in [0.25, 0.3) is 10.9 Å². The highest BCUT2D eigenvalue weighted by molar-refractivity contribution is 6.35. The van der Waals surface area contributed by atoms with Crippen LogP contribution in [0, 0.1) is 23.7 Å². The first-order valence-electron chi connectivity index (χ1n) is 12.8. The van der Waals surface area contributed by atoms with Gasteiger partial charge < -0.3 is 14.9 Å². The molecule has 1 aliphatic rings. The standard InChI is InChI=1S/C30H32Cl2N2O4/c1-38-24-8-9-28-26(18-24)25(12-14-33-28)29(35)10-5-20-13-16-34(19-22(20)6-11-30(36)37)15-2-3-21-4-7-23(31)17-27(21)32/h4,7-9,12,14,17-18,20,22,29,35H,5-6,10-11,13,15-16,19H2,1H3,(H,36,37)/t20?,22?,29-/m0/s1. The molecule has 2 aromatic carbocycles. The molecule has 3 atom stereocenters. The molecule has 1 aromatic heterocycles. The lowest BCUT2D eigenvalue weighted by Crippen LogP contribution is -2.41. The average Bonchev–Trinajstić information content (AvgIpc) is 2.91. The summed E-state index contributed by atoms with van der Waals surface area (Å²) < 4.78 is 5.36. The van der Waals surface area contributed by atoms with E-state index in [4.69, 9.17) is 27.9 Å². The number of ether oxygens (including phenoxy) is 1. The molecule has 1 aliphatic heterocycles. The number of halogens is 2. The minimum absolute atomic E-state index is 0.137. The fourth-order valence-corrected chi connectivity index (χ4v) is 5.70. The minimum atomic E-state index is -0.782. The van der Waals surface area contributed by atoms with Gasteiger partial charge >= 0.3 is 5.97 Å². The Morgan fingerprint density at radius 1 is 1.18 bits per heavy atom. The van der Waals surface area contributed by atoms with Gasteiger partial charge in [0.25, 0.3) is 0 Å². The predicted molar refractivity (Wildman–Crippen MR) is 151 cm³/mol. The number of likely N-dealkylation sites (tertiary alicyclic amines) is 1. The molecule has 1 fully saturated rings. The minimum Gasteiger partial charge on any atom is -0.497 e. The molecule has 8 heteroatoms. The van der Waals surface area contributed by atoms with Gasteiger partial charge in [0.2, 0.25) is 0 Å². The van der Waals surface area contributed by atoms with Crippen LogP contribution in [0.5, 0.6) is 5.75 Å². The van der Waals surface area contributed by atoms with Crippen molar-refractivity contribution in [1.29, 1.82) is 0 Å². The summed E-state index contributed by atoms with van der Waals surface area (Å²) in [6.45, 7) is 2.25. The van der Waals surface area contributed by atoms with Crippen LogP contribution in [0.3, 0.4) is 0 Å². The van der Waals surface area contributed by atoms with Gasteiger partial charge in [0.15, 0.2) is 0 Å². The molecule has 200 valence electrons. The number of aromatic nitrogens is 1. The van der Waals surface area contributed by atoms with E-state index in [0.717, 1.165) is 53.7 Å². The van der Waals surface area contributed by atoms with Crippen molar-refractivity contribution < 1.29 is 19.7 Å². The molecule has 2 heterocycles. The van der Waals surface area contributed by atoms with Crippen molar-refractivity contribution in [1.82, 2.24) is 9.88 Å². The largest absolute Gasteiger partial charge is 0.497 e. The number of aliphatic hydroxyl groups excluding tert-OH is 1. The van der Waals surface area contributed by atoms with Gasteiger partial charge in [-0.3, -0.25) is 14.7 Å². The molecule has 0 radical (unpaired) electrons. The maximum atomic E-state index is 11.3. The second-order valence-corrected chi connectivity index (χ2v) is 10.6. The molecule has 3 aromatic rings. The first-order valence-corrected chi connectivity index (χ1v) is 13.6. The number of piperidine rings is 1. The summed E-state index contributed by atoms with van der Waals surface area (Å²) in [7, 11) is 1.62. The third kappa shape index (κ3) is 7.39. The number of rotatable bonds is 9. The molecule has 2 unspecified atom stereocenters. The molecule has 4 rings (SSSR count). The molecule has 1 saturated heterocycles. The van der Waals surface area contributed by atoms with Gasteiger partial charge in [0.05, 0.1) is 30.3 Å². The van der Waals surface area contributed by atoms with Gasteiger partial charge in [-0.25, -0.2) is 0 Å². The van der Waals surface area contributed by atoms with E-state index in [9.17, 15) is 15.0 Å². The van der Waals surface area contributed by atoms with Crippen LogP contribution in [0.15, 0.2) is 48.7 Å². The Balaban J connectivity index is 1.40. The van der Waals surface area contributed by atoms with Crippen molar-refractivity contribution in [3.05, 3.63) is 69.8 Å². The highest BCUT2D eigenvalue weighted by atomic mass is 35.5. The van der Waals surface area contributed by atoms with Crippen molar-refractivity contribution in [2.75, 3.05) is 26.7 Å². The summed E-state index contributed by atoms with van der Waals surface area (Å²) >= 11 is 12.2. The summed E-state index contributed by atoms with van der Waals surface area (Å²) in [5, 5.41) is 22.4. The molecule has 38 heavy (non-hydrogen) atoms. The molecule has 0 bridgehead atoms. The Kier molecular flexibility index (Phi) is 9.87. The molecule has 0 saturated carbocycles. The fourth-order valence-electron chi connectivity index (χ4n) is 5.24. The number of carboxylic acids is 1. The van der Waals surface area contributed by atoms with E-state index in [2.05, 4.69) is 21.7 Å². The van der Waals surface area contributed by atoms with Crippen LogP contribution >= 0.6 is 23.2 Å². The van der Waals surface area contributed by atoms with Crippen LogP contribution < -0.4 is 4.74 Å². The van der Waals surface area contributed by atoms with E-state index >= 15 is 0 Å². The number of carbonyl (C=O) groups is 1. The van der Waals surface area contributed by atoms with E-state index in [1.165, 1.54) is 0 Å². The number of carboxylic acid groups (broad SMARTS) is 1. The van der Waals surface area contributed by atoms with E-state index in [-0.39, 0.29) is 12.3 Å². The number of pyridine rings is 1. The molecule has 0 amide bonds. The Morgan fingerprint density at radius 3 is 2.79 bits per heavy atom. The average molecular weight is 556 g/mol. The van der Waals surface area contributed by atoms with Crippen LogP contribution in [-0.4, -0.2) is 52.8 Å². The summed E-state index contributed by atoms with van der Waals surface area (Å²) in [5.74, 6) is 6.83. The van der Waals surface area contributed by atoms with Crippen molar-refractivity contribution in [3.63, 3.8) is 0 Å². The molecule has 2 N–H and O–H groups in total. The number of hydrogen-bond acceptors (Lipinski definition) is 5. The van der Waals surface area contributed by atoms with Crippen LogP contribution in [0.2, 0.25) is 10.0 Å². The zero-order valence-electron chi connectivity index (χ0n) is 21.4. The smallest absolute Gasteiger partial charge is 0.303 e. The third-order valence-electron chi connectivity index (χ3n) is 7.31. The Bertz CT molecular complexity index is 1340. The number of aliphatic carboxylic acids is 1. The van der Waals surface area contributed by atoms with E-state index in [1.807, 2.05) is 30.3 Å². The highest BCUT2D eigenvalue weighted by Crippen LogP contribution is 2.35. The lowest BCUT2D eigenvalue weighted by molar-refractivity contribution is -0.137. The number of methoxy groups -OCH3 is 1.